The number of fused-ring (bicyclic) bond motifs is 1. The summed E-state index contributed by atoms with van der Waals surface area (Å²) in [4.78, 5) is 12.0. The minimum absolute atomic E-state index is 0.0342. The number of aromatic nitrogens is 4. The van der Waals surface area contributed by atoms with Gasteiger partial charge in [0, 0.05) is 12.1 Å². The number of nitrogens with two attached hydrogens (primary N) is 1. The predicted molar refractivity (Wildman–Crippen MR) is 116 cm³/mol. The van der Waals surface area contributed by atoms with Gasteiger partial charge in [0.25, 0.3) is 10.2 Å². The van der Waals surface area contributed by atoms with Crippen molar-refractivity contribution < 1.29 is 33.2 Å². The summed E-state index contributed by atoms with van der Waals surface area (Å²) in [7, 11) is -4.13. The van der Waals surface area contributed by atoms with Crippen molar-refractivity contribution in [1.82, 2.24) is 29.0 Å². The highest BCUT2D eigenvalue weighted by Crippen LogP contribution is 2.36. The number of phenols is 1. The number of hydrogen-bond acceptors (Lipinski definition) is 11. The zero-order valence-corrected chi connectivity index (χ0v) is 18.5. The van der Waals surface area contributed by atoms with Gasteiger partial charge < -0.3 is 30.5 Å². The number of nitrogen functional groups attached to an aromatic ring is 1. The molecule has 14 nitrogen and oxygen atoms in total. The SMILES string of the molecule is Nc1ncnc2c1ncn2[C@@]1(O)CO[C@H](CNS(=O)(=O)NC2(c3ccccc3O)COC2)[C@H]1O. The number of aliphatic hydroxyl groups is 2. The summed E-state index contributed by atoms with van der Waals surface area (Å²) >= 11 is 0. The molecule has 0 bridgehead atoms. The number of phenolic OH excluding ortho intramolecular Hbond substituents is 1. The molecule has 182 valence electrons. The molecule has 15 heteroatoms. The molecule has 3 atom stereocenters. The van der Waals surface area contributed by atoms with E-state index in [1.807, 2.05) is 0 Å². The zero-order valence-electron chi connectivity index (χ0n) is 17.7. The molecule has 0 unspecified atom stereocenters. The molecule has 2 aromatic heterocycles. The molecule has 7 N–H and O–H groups in total. The van der Waals surface area contributed by atoms with Gasteiger partial charge in [-0.1, -0.05) is 18.2 Å². The van der Waals surface area contributed by atoms with Gasteiger partial charge in [0.2, 0.25) is 0 Å². The number of ether oxygens (including phenoxy) is 2. The fourth-order valence-corrected chi connectivity index (χ4v) is 5.36. The Morgan fingerprint density at radius 3 is 2.68 bits per heavy atom. The molecule has 0 spiro atoms. The van der Waals surface area contributed by atoms with Gasteiger partial charge in [0.15, 0.2) is 17.2 Å². The highest BCUT2D eigenvalue weighted by atomic mass is 32.2. The standard InChI is InChI=1S/C19H23N7O7S/c20-16-14-17(22-9-21-16)26(10-23-14)19(29)8-33-13(15(19)28)5-24-34(30,31)25-18(6-32-7-18)11-3-1-2-4-12(11)27/h1-4,9-10,13,15,24-25,27-29H,5-8H2,(H2,20,21,22)/t13-,15-,19-/m1/s1. The highest BCUT2D eigenvalue weighted by Gasteiger charge is 2.51. The Morgan fingerprint density at radius 2 is 1.97 bits per heavy atom. The molecule has 3 aromatic rings. The van der Waals surface area contributed by atoms with Crippen LogP contribution in [0.3, 0.4) is 0 Å². The molecular weight excluding hydrogens is 470 g/mol. The van der Waals surface area contributed by atoms with Crippen LogP contribution in [0, 0.1) is 0 Å². The van der Waals surface area contributed by atoms with Crippen LogP contribution in [-0.4, -0.2) is 81.8 Å². The molecule has 34 heavy (non-hydrogen) atoms. The summed E-state index contributed by atoms with van der Waals surface area (Å²) in [6.07, 6.45) is -0.161. The number of nitrogens with one attached hydrogen (secondary N) is 2. The lowest BCUT2D eigenvalue weighted by molar-refractivity contribution is -0.107. The predicted octanol–water partition coefficient (Wildman–Crippen LogP) is -2.13. The molecular formula is C19H23N7O7S. The average Bonchev–Trinajstić information content (AvgIpc) is 3.34. The number of para-hydroxylation sites is 1. The van der Waals surface area contributed by atoms with E-state index in [0.717, 1.165) is 0 Å². The van der Waals surface area contributed by atoms with Crippen LogP contribution < -0.4 is 15.2 Å². The van der Waals surface area contributed by atoms with Gasteiger partial charge in [-0.15, -0.1) is 0 Å². The first kappa shape index (κ1) is 22.9. The average molecular weight is 494 g/mol. The number of imidazole rings is 1. The van der Waals surface area contributed by atoms with Gasteiger partial charge in [-0.3, -0.25) is 4.57 Å². The fraction of sp³-hybridized carbons (Fsp3) is 0.421. The van der Waals surface area contributed by atoms with Crippen LogP contribution in [0.25, 0.3) is 11.2 Å². The lowest BCUT2D eigenvalue weighted by Crippen LogP contribution is -2.61. The second-order valence-electron chi connectivity index (χ2n) is 8.26. The third-order valence-electron chi connectivity index (χ3n) is 6.04. The van der Waals surface area contributed by atoms with E-state index in [2.05, 4.69) is 24.4 Å². The summed E-state index contributed by atoms with van der Waals surface area (Å²) in [6.45, 7) is -0.627. The Hall–Kier alpha value is -2.92. The molecule has 2 aliphatic rings. The first-order valence-electron chi connectivity index (χ1n) is 10.3. The number of hydrogen-bond donors (Lipinski definition) is 6. The van der Waals surface area contributed by atoms with E-state index in [1.165, 1.54) is 23.3 Å². The molecule has 2 aliphatic heterocycles. The minimum Gasteiger partial charge on any atom is -0.508 e. The molecule has 0 aliphatic carbocycles. The van der Waals surface area contributed by atoms with Crippen molar-refractivity contribution >= 4 is 27.2 Å². The minimum atomic E-state index is -4.13. The summed E-state index contributed by atoms with van der Waals surface area (Å²) in [5.74, 6) is 0.0413. The topological polar surface area (TPSA) is 207 Å². The van der Waals surface area contributed by atoms with Crippen molar-refractivity contribution in [2.75, 3.05) is 32.1 Å². The summed E-state index contributed by atoms with van der Waals surface area (Å²) in [5.41, 5.74) is 3.49. The number of aliphatic hydroxyl groups excluding tert-OH is 1. The van der Waals surface area contributed by atoms with E-state index in [0.29, 0.717) is 5.56 Å². The smallest absolute Gasteiger partial charge is 0.277 e. The molecule has 2 saturated heterocycles. The zero-order chi connectivity index (χ0) is 24.1. The lowest BCUT2D eigenvalue weighted by Gasteiger charge is -2.42. The van der Waals surface area contributed by atoms with Crippen molar-refractivity contribution in [2.45, 2.75) is 23.5 Å². The maximum atomic E-state index is 12.8. The molecule has 4 heterocycles. The van der Waals surface area contributed by atoms with E-state index in [-0.39, 0.29) is 49.1 Å². The fourth-order valence-electron chi connectivity index (χ4n) is 4.16. The molecule has 5 rings (SSSR count). The Labute approximate surface area is 193 Å². The van der Waals surface area contributed by atoms with E-state index in [1.54, 1.807) is 18.2 Å². The third kappa shape index (κ3) is 3.67. The van der Waals surface area contributed by atoms with Crippen LogP contribution in [0.2, 0.25) is 0 Å². The van der Waals surface area contributed by atoms with E-state index in [4.69, 9.17) is 15.2 Å². The van der Waals surface area contributed by atoms with Crippen LogP contribution in [0.1, 0.15) is 5.56 Å². The van der Waals surface area contributed by atoms with Crippen LogP contribution in [0.4, 0.5) is 5.82 Å². The van der Waals surface area contributed by atoms with Gasteiger partial charge in [-0.05, 0) is 6.07 Å². The number of benzene rings is 1. The van der Waals surface area contributed by atoms with Crippen LogP contribution in [0.5, 0.6) is 5.75 Å². The van der Waals surface area contributed by atoms with Gasteiger partial charge in [-0.2, -0.15) is 17.9 Å². The maximum Gasteiger partial charge on any atom is 0.277 e. The first-order valence-corrected chi connectivity index (χ1v) is 11.7. The van der Waals surface area contributed by atoms with Gasteiger partial charge in [0.1, 0.15) is 35.3 Å². The molecule has 0 radical (unpaired) electrons. The Bertz CT molecular complexity index is 1330. The van der Waals surface area contributed by atoms with Gasteiger partial charge in [0.05, 0.1) is 26.1 Å². The molecule has 0 saturated carbocycles. The number of anilines is 1. The number of aromatic hydroxyl groups is 1. The summed E-state index contributed by atoms with van der Waals surface area (Å²) < 4.78 is 42.3. The van der Waals surface area contributed by atoms with Gasteiger partial charge in [-0.25, -0.2) is 15.0 Å². The number of rotatable bonds is 7. The molecule has 0 amide bonds. The van der Waals surface area contributed by atoms with Crippen LogP contribution in [0.15, 0.2) is 36.9 Å². The summed E-state index contributed by atoms with van der Waals surface area (Å²) in [6, 6.07) is 6.37. The quantitative estimate of drug-likeness (QED) is 0.209. The Kier molecular flexibility index (Phi) is 5.44. The Morgan fingerprint density at radius 1 is 1.21 bits per heavy atom. The highest BCUT2D eigenvalue weighted by molar-refractivity contribution is 7.87. The van der Waals surface area contributed by atoms with E-state index in [9.17, 15) is 23.7 Å². The van der Waals surface area contributed by atoms with Crippen LogP contribution in [-0.2, 0) is 30.9 Å². The third-order valence-corrected chi connectivity index (χ3v) is 7.24. The normalized spacial score (nSPS) is 26.5. The van der Waals surface area contributed by atoms with E-state index >= 15 is 0 Å². The second kappa shape index (κ2) is 8.09. The monoisotopic (exact) mass is 493 g/mol. The van der Waals surface area contributed by atoms with Crippen molar-refractivity contribution in [3.05, 3.63) is 42.5 Å². The first-order chi connectivity index (χ1) is 16.2. The van der Waals surface area contributed by atoms with E-state index < -0.39 is 33.7 Å². The van der Waals surface area contributed by atoms with Crippen molar-refractivity contribution in [2.24, 2.45) is 0 Å². The van der Waals surface area contributed by atoms with Crippen molar-refractivity contribution in [3.63, 3.8) is 0 Å². The van der Waals surface area contributed by atoms with Crippen molar-refractivity contribution in [3.8, 4) is 5.75 Å². The second-order valence-corrected chi connectivity index (χ2v) is 9.76. The van der Waals surface area contributed by atoms with Crippen molar-refractivity contribution in [1.29, 1.82) is 0 Å². The number of nitrogens with zero attached hydrogens (tertiary/aromatic N) is 4. The Balaban J connectivity index is 1.30. The molecule has 2 fully saturated rings. The summed E-state index contributed by atoms with van der Waals surface area (Å²) in [5, 5.41) is 32.1. The molecule has 1 aromatic carbocycles. The van der Waals surface area contributed by atoms with Gasteiger partial charge >= 0.3 is 0 Å². The lowest BCUT2D eigenvalue weighted by atomic mass is 9.88. The largest absolute Gasteiger partial charge is 0.508 e. The van der Waals surface area contributed by atoms with Crippen LogP contribution >= 0.6 is 0 Å². The maximum absolute atomic E-state index is 12.8.